The summed E-state index contributed by atoms with van der Waals surface area (Å²) in [5.41, 5.74) is 3.27. The Labute approximate surface area is 114 Å². The molecule has 86 valence electrons. The van der Waals surface area contributed by atoms with Crippen molar-refractivity contribution in [3.63, 3.8) is 0 Å². The molecule has 1 aromatic carbocycles. The fourth-order valence-electron chi connectivity index (χ4n) is 1.93. The normalized spacial score (nSPS) is 14.9. The second kappa shape index (κ2) is 4.43. The van der Waals surface area contributed by atoms with E-state index < -0.39 is 0 Å². The molecule has 1 aliphatic rings. The van der Waals surface area contributed by atoms with Crippen molar-refractivity contribution in [1.82, 2.24) is 4.98 Å². The standard InChI is InChI=1S/C14H11BrClN/c15-12-7-14(9-5-6-9)17-8-11(12)10-3-1-2-4-13(10)16/h1-4,7-9H,5-6H2. The van der Waals surface area contributed by atoms with E-state index in [2.05, 4.69) is 27.0 Å². The quantitative estimate of drug-likeness (QED) is 0.757. The molecule has 1 aromatic heterocycles. The van der Waals surface area contributed by atoms with Gasteiger partial charge in [0.25, 0.3) is 0 Å². The van der Waals surface area contributed by atoms with Crippen LogP contribution in [0.1, 0.15) is 24.5 Å². The van der Waals surface area contributed by atoms with Crippen LogP contribution < -0.4 is 0 Å². The fraction of sp³-hybridized carbons (Fsp3) is 0.214. The second-order valence-electron chi connectivity index (χ2n) is 4.34. The molecule has 2 aromatic rings. The van der Waals surface area contributed by atoms with E-state index >= 15 is 0 Å². The van der Waals surface area contributed by atoms with Crippen molar-refractivity contribution in [3.8, 4) is 11.1 Å². The summed E-state index contributed by atoms with van der Waals surface area (Å²) >= 11 is 9.81. The van der Waals surface area contributed by atoms with Crippen molar-refractivity contribution in [1.29, 1.82) is 0 Å². The third-order valence-corrected chi connectivity index (χ3v) is 4.02. The number of aromatic nitrogens is 1. The summed E-state index contributed by atoms with van der Waals surface area (Å²) in [5, 5.41) is 0.758. The Morgan fingerprint density at radius 1 is 1.18 bits per heavy atom. The van der Waals surface area contributed by atoms with E-state index in [0.29, 0.717) is 5.92 Å². The molecule has 0 bridgehead atoms. The van der Waals surface area contributed by atoms with Crippen LogP contribution in [0.2, 0.25) is 5.02 Å². The summed E-state index contributed by atoms with van der Waals surface area (Å²) in [4.78, 5) is 4.53. The summed E-state index contributed by atoms with van der Waals surface area (Å²) < 4.78 is 1.07. The average Bonchev–Trinajstić information content (AvgIpc) is 3.14. The predicted molar refractivity (Wildman–Crippen MR) is 74.4 cm³/mol. The Bertz CT molecular complexity index is 564. The molecule has 17 heavy (non-hydrogen) atoms. The number of hydrogen-bond donors (Lipinski definition) is 0. The Balaban J connectivity index is 2.06. The summed E-state index contributed by atoms with van der Waals surface area (Å²) in [6, 6.07) is 9.96. The maximum atomic E-state index is 6.20. The van der Waals surface area contributed by atoms with Crippen LogP contribution in [0.5, 0.6) is 0 Å². The Kier molecular flexibility index (Phi) is 2.93. The van der Waals surface area contributed by atoms with E-state index in [4.69, 9.17) is 11.6 Å². The summed E-state index contributed by atoms with van der Waals surface area (Å²) in [7, 11) is 0. The van der Waals surface area contributed by atoms with Crippen molar-refractivity contribution in [2.75, 3.05) is 0 Å². The molecule has 0 N–H and O–H groups in total. The first-order chi connectivity index (χ1) is 8.25. The van der Waals surface area contributed by atoms with Gasteiger partial charge in [-0.05, 0) is 25.0 Å². The molecule has 3 rings (SSSR count). The highest BCUT2D eigenvalue weighted by Gasteiger charge is 2.25. The molecule has 0 radical (unpaired) electrons. The van der Waals surface area contributed by atoms with Crippen molar-refractivity contribution in [2.24, 2.45) is 0 Å². The maximum Gasteiger partial charge on any atom is 0.0485 e. The lowest BCUT2D eigenvalue weighted by molar-refractivity contribution is 1.02. The van der Waals surface area contributed by atoms with Gasteiger partial charge in [-0.25, -0.2) is 0 Å². The molecule has 1 heterocycles. The predicted octanol–water partition coefficient (Wildman–Crippen LogP) is 5.04. The van der Waals surface area contributed by atoms with Gasteiger partial charge in [0.05, 0.1) is 0 Å². The van der Waals surface area contributed by atoms with Crippen LogP contribution in [0.25, 0.3) is 11.1 Å². The monoisotopic (exact) mass is 307 g/mol. The van der Waals surface area contributed by atoms with Crippen LogP contribution in [0.3, 0.4) is 0 Å². The van der Waals surface area contributed by atoms with Crippen molar-refractivity contribution in [2.45, 2.75) is 18.8 Å². The molecule has 1 aliphatic carbocycles. The number of pyridine rings is 1. The first-order valence-corrected chi connectivity index (χ1v) is 6.83. The zero-order chi connectivity index (χ0) is 11.8. The van der Waals surface area contributed by atoms with Crippen LogP contribution >= 0.6 is 27.5 Å². The lowest BCUT2D eigenvalue weighted by atomic mass is 10.1. The molecule has 3 heteroatoms. The highest BCUT2D eigenvalue weighted by Crippen LogP contribution is 2.41. The molecule has 0 spiro atoms. The Morgan fingerprint density at radius 2 is 1.94 bits per heavy atom. The van der Waals surface area contributed by atoms with Gasteiger partial charge < -0.3 is 0 Å². The van der Waals surface area contributed by atoms with E-state index in [-0.39, 0.29) is 0 Å². The van der Waals surface area contributed by atoms with E-state index in [0.717, 1.165) is 20.6 Å². The van der Waals surface area contributed by atoms with E-state index in [9.17, 15) is 0 Å². The number of rotatable bonds is 2. The van der Waals surface area contributed by atoms with Gasteiger partial charge in [0.1, 0.15) is 0 Å². The minimum Gasteiger partial charge on any atom is -0.260 e. The minimum absolute atomic E-state index is 0.673. The molecule has 1 nitrogen and oxygen atoms in total. The largest absolute Gasteiger partial charge is 0.260 e. The molecule has 0 saturated heterocycles. The molecule has 1 saturated carbocycles. The second-order valence-corrected chi connectivity index (χ2v) is 5.60. The van der Waals surface area contributed by atoms with Gasteiger partial charge in [0.2, 0.25) is 0 Å². The fourth-order valence-corrected chi connectivity index (χ4v) is 2.71. The Morgan fingerprint density at radius 3 is 2.59 bits per heavy atom. The highest BCUT2D eigenvalue weighted by atomic mass is 79.9. The number of halogens is 2. The first kappa shape index (κ1) is 11.2. The molecular formula is C14H11BrClN. The highest BCUT2D eigenvalue weighted by molar-refractivity contribution is 9.10. The lowest BCUT2D eigenvalue weighted by Crippen LogP contribution is -1.89. The van der Waals surface area contributed by atoms with Crippen LogP contribution in [0.4, 0.5) is 0 Å². The van der Waals surface area contributed by atoms with Gasteiger partial charge in [0.15, 0.2) is 0 Å². The summed E-state index contributed by atoms with van der Waals surface area (Å²) in [6.45, 7) is 0. The van der Waals surface area contributed by atoms with Crippen LogP contribution in [0, 0.1) is 0 Å². The summed E-state index contributed by atoms with van der Waals surface area (Å²) in [5.74, 6) is 0.673. The van der Waals surface area contributed by atoms with E-state index in [1.54, 1.807) is 0 Å². The first-order valence-electron chi connectivity index (χ1n) is 5.66. The smallest absolute Gasteiger partial charge is 0.0485 e. The molecule has 0 atom stereocenters. The maximum absolute atomic E-state index is 6.20. The van der Waals surface area contributed by atoms with Gasteiger partial charge >= 0.3 is 0 Å². The summed E-state index contributed by atoms with van der Waals surface area (Å²) in [6.07, 6.45) is 4.45. The molecule has 0 aliphatic heterocycles. The van der Waals surface area contributed by atoms with Gasteiger partial charge in [-0.2, -0.15) is 0 Å². The van der Waals surface area contributed by atoms with Crippen molar-refractivity contribution < 1.29 is 0 Å². The van der Waals surface area contributed by atoms with Crippen LogP contribution in [-0.4, -0.2) is 4.98 Å². The zero-order valence-electron chi connectivity index (χ0n) is 9.16. The molecular weight excluding hydrogens is 298 g/mol. The Hall–Kier alpha value is -0.860. The average molecular weight is 309 g/mol. The van der Waals surface area contributed by atoms with Gasteiger partial charge in [-0.1, -0.05) is 45.7 Å². The SMILES string of the molecule is Clc1ccccc1-c1cnc(C2CC2)cc1Br. The minimum atomic E-state index is 0.673. The van der Waals surface area contributed by atoms with Crippen molar-refractivity contribution in [3.05, 3.63) is 51.7 Å². The molecule has 1 fully saturated rings. The van der Waals surface area contributed by atoms with Gasteiger partial charge in [-0.3, -0.25) is 4.98 Å². The van der Waals surface area contributed by atoms with Crippen LogP contribution in [-0.2, 0) is 0 Å². The number of hydrogen-bond acceptors (Lipinski definition) is 1. The van der Waals surface area contributed by atoms with Gasteiger partial charge in [0, 0.05) is 38.4 Å². The number of benzene rings is 1. The van der Waals surface area contributed by atoms with Crippen molar-refractivity contribution >= 4 is 27.5 Å². The number of nitrogens with zero attached hydrogens (tertiary/aromatic N) is 1. The molecule has 0 unspecified atom stereocenters. The van der Waals surface area contributed by atoms with E-state index in [1.165, 1.54) is 18.5 Å². The third-order valence-electron chi connectivity index (χ3n) is 3.03. The zero-order valence-corrected chi connectivity index (χ0v) is 11.5. The van der Waals surface area contributed by atoms with E-state index in [1.807, 2.05) is 30.5 Å². The van der Waals surface area contributed by atoms with Gasteiger partial charge in [-0.15, -0.1) is 0 Å². The molecule has 0 amide bonds. The van der Waals surface area contributed by atoms with Crippen LogP contribution in [0.15, 0.2) is 41.0 Å². The third kappa shape index (κ3) is 2.24. The topological polar surface area (TPSA) is 12.9 Å². The lowest BCUT2D eigenvalue weighted by Gasteiger charge is -2.08.